The van der Waals surface area contributed by atoms with Gasteiger partial charge in [-0.3, -0.25) is 0 Å². The van der Waals surface area contributed by atoms with Crippen molar-refractivity contribution < 1.29 is 31.8 Å². The van der Waals surface area contributed by atoms with E-state index in [4.69, 9.17) is 15.2 Å². The summed E-state index contributed by atoms with van der Waals surface area (Å²) in [5.41, 5.74) is 6.55. The highest BCUT2D eigenvalue weighted by molar-refractivity contribution is 5.85. The van der Waals surface area contributed by atoms with E-state index in [-0.39, 0.29) is 29.5 Å². The van der Waals surface area contributed by atoms with Gasteiger partial charge in [0.05, 0.1) is 20.3 Å². The Bertz CT molecular complexity index is 708. The van der Waals surface area contributed by atoms with Crippen LogP contribution < -0.4 is 19.9 Å². The van der Waals surface area contributed by atoms with Crippen molar-refractivity contribution in [2.75, 3.05) is 14.2 Å². The largest absolute Gasteiger partial charge is 0.573 e. The fourth-order valence-electron chi connectivity index (χ4n) is 2.16. The second-order valence-corrected chi connectivity index (χ2v) is 4.82. The fraction of sp³-hybridized carbons (Fsp3) is 0.250. The van der Waals surface area contributed by atoms with E-state index in [1.807, 2.05) is 0 Å². The minimum absolute atomic E-state index is 0. The average Bonchev–Trinajstić information content (AvgIpc) is 2.53. The van der Waals surface area contributed by atoms with E-state index in [0.29, 0.717) is 11.3 Å². The van der Waals surface area contributed by atoms with Gasteiger partial charge in [0.2, 0.25) is 0 Å². The number of hydrogen-bond donors (Lipinski definition) is 1. The van der Waals surface area contributed by atoms with E-state index >= 15 is 0 Å². The number of hydrogen-bond acceptors (Lipinski definition) is 4. The van der Waals surface area contributed by atoms with Crippen molar-refractivity contribution in [3.8, 4) is 17.2 Å². The summed E-state index contributed by atoms with van der Waals surface area (Å²) in [6, 6.07) is 6.52. The summed E-state index contributed by atoms with van der Waals surface area (Å²) in [6.45, 7) is 0. The molecule has 2 N–H and O–H groups in total. The normalized spacial score (nSPS) is 12.1. The number of methoxy groups -OCH3 is 2. The molecule has 0 unspecified atom stereocenters. The van der Waals surface area contributed by atoms with Gasteiger partial charge in [-0.15, -0.1) is 25.6 Å². The van der Waals surface area contributed by atoms with Gasteiger partial charge in [0.15, 0.2) is 11.5 Å². The molecule has 0 saturated heterocycles. The lowest BCUT2D eigenvalue weighted by Gasteiger charge is -2.17. The third kappa shape index (κ3) is 5.14. The molecule has 0 bridgehead atoms. The quantitative estimate of drug-likeness (QED) is 0.788. The number of rotatable bonds is 5. The zero-order chi connectivity index (χ0) is 17.9. The van der Waals surface area contributed by atoms with Gasteiger partial charge in [-0.05, 0) is 23.8 Å². The highest BCUT2D eigenvalue weighted by Gasteiger charge is 2.31. The molecule has 0 heterocycles. The Morgan fingerprint density at radius 1 is 0.960 bits per heavy atom. The van der Waals surface area contributed by atoms with Crippen LogP contribution in [-0.4, -0.2) is 20.6 Å². The molecule has 9 heteroatoms. The highest BCUT2D eigenvalue weighted by Crippen LogP contribution is 2.34. The monoisotopic (exact) mass is 381 g/mol. The first-order chi connectivity index (χ1) is 11.2. The molecular weight excluding hydrogens is 366 g/mol. The third-order valence-corrected chi connectivity index (χ3v) is 3.31. The summed E-state index contributed by atoms with van der Waals surface area (Å²) in [7, 11) is 2.77. The number of ether oxygens (including phenoxy) is 3. The van der Waals surface area contributed by atoms with Gasteiger partial charge in [0.1, 0.15) is 11.6 Å². The number of alkyl halides is 3. The predicted molar refractivity (Wildman–Crippen MR) is 85.9 cm³/mol. The lowest BCUT2D eigenvalue weighted by molar-refractivity contribution is -0.274. The topological polar surface area (TPSA) is 53.7 Å². The molecule has 0 saturated carbocycles. The van der Waals surface area contributed by atoms with E-state index in [1.165, 1.54) is 32.4 Å². The van der Waals surface area contributed by atoms with E-state index in [0.717, 1.165) is 18.2 Å². The average molecular weight is 382 g/mol. The molecule has 0 amide bonds. The van der Waals surface area contributed by atoms with Crippen molar-refractivity contribution in [2.24, 2.45) is 5.73 Å². The Morgan fingerprint density at radius 2 is 1.48 bits per heavy atom. The van der Waals surface area contributed by atoms with E-state index in [1.54, 1.807) is 0 Å². The van der Waals surface area contributed by atoms with Crippen molar-refractivity contribution in [2.45, 2.75) is 12.4 Å². The molecule has 0 aliphatic rings. The second kappa shape index (κ2) is 8.26. The van der Waals surface area contributed by atoms with Gasteiger partial charge in [0, 0.05) is 11.6 Å². The lowest BCUT2D eigenvalue weighted by Crippen LogP contribution is -2.17. The highest BCUT2D eigenvalue weighted by atomic mass is 35.5. The van der Waals surface area contributed by atoms with Crippen LogP contribution in [-0.2, 0) is 0 Å². The summed E-state index contributed by atoms with van der Waals surface area (Å²) in [5.74, 6) is -0.497. The Balaban J connectivity index is 0.00000312. The summed E-state index contributed by atoms with van der Waals surface area (Å²) in [4.78, 5) is 0. The molecule has 0 spiro atoms. The number of nitrogens with two attached hydrogens (primary N) is 1. The number of halogens is 5. The van der Waals surface area contributed by atoms with Crippen LogP contribution in [0.1, 0.15) is 17.2 Å². The van der Waals surface area contributed by atoms with Crippen LogP contribution in [0.2, 0.25) is 0 Å². The Hall–Kier alpha value is -2.19. The Kier molecular flexibility index (Phi) is 6.89. The zero-order valence-electron chi connectivity index (χ0n) is 13.3. The summed E-state index contributed by atoms with van der Waals surface area (Å²) < 4.78 is 64.5. The van der Waals surface area contributed by atoms with Gasteiger partial charge in [-0.2, -0.15) is 0 Å². The van der Waals surface area contributed by atoms with Crippen molar-refractivity contribution in [1.82, 2.24) is 0 Å². The van der Waals surface area contributed by atoms with E-state index in [9.17, 15) is 17.6 Å². The molecule has 2 aromatic rings. The number of benzene rings is 2. The first-order valence-corrected chi connectivity index (χ1v) is 6.78. The van der Waals surface area contributed by atoms with Crippen LogP contribution in [0, 0.1) is 5.82 Å². The molecule has 0 aromatic heterocycles. The fourth-order valence-corrected chi connectivity index (χ4v) is 2.16. The molecule has 4 nitrogen and oxygen atoms in total. The predicted octanol–water partition coefficient (Wildman–Crippen LogP) is 4.21. The lowest BCUT2D eigenvalue weighted by atomic mass is 9.98. The van der Waals surface area contributed by atoms with Crippen LogP contribution >= 0.6 is 12.4 Å². The molecule has 0 aliphatic heterocycles. The van der Waals surface area contributed by atoms with Gasteiger partial charge in [0.25, 0.3) is 0 Å². The zero-order valence-corrected chi connectivity index (χ0v) is 14.1. The molecule has 0 fully saturated rings. The minimum atomic E-state index is -4.78. The molecule has 2 aromatic carbocycles. The van der Waals surface area contributed by atoms with Crippen LogP contribution in [0.5, 0.6) is 17.2 Å². The second-order valence-electron chi connectivity index (χ2n) is 4.82. The SMILES string of the molecule is COc1cc(F)c([C@H](N)c2ccc(OC(F)(F)F)cc2)cc1OC.Cl. The third-order valence-electron chi connectivity index (χ3n) is 3.31. The molecule has 2 rings (SSSR count). The van der Waals surface area contributed by atoms with E-state index < -0.39 is 18.2 Å². The molecule has 1 atom stereocenters. The maximum atomic E-state index is 14.2. The molecule has 0 aliphatic carbocycles. The molecule has 138 valence electrons. The summed E-state index contributed by atoms with van der Waals surface area (Å²) in [6.07, 6.45) is -4.78. The Morgan fingerprint density at radius 3 is 1.96 bits per heavy atom. The van der Waals surface area contributed by atoms with Gasteiger partial charge < -0.3 is 19.9 Å². The van der Waals surface area contributed by atoms with Crippen molar-refractivity contribution in [3.05, 3.63) is 53.3 Å². The van der Waals surface area contributed by atoms with Crippen LogP contribution in [0.3, 0.4) is 0 Å². The maximum Gasteiger partial charge on any atom is 0.573 e. The molecule has 25 heavy (non-hydrogen) atoms. The minimum Gasteiger partial charge on any atom is -0.493 e. The van der Waals surface area contributed by atoms with Gasteiger partial charge in [-0.1, -0.05) is 12.1 Å². The van der Waals surface area contributed by atoms with Crippen molar-refractivity contribution in [3.63, 3.8) is 0 Å². The Labute approximate surface area is 147 Å². The van der Waals surface area contributed by atoms with Crippen molar-refractivity contribution in [1.29, 1.82) is 0 Å². The summed E-state index contributed by atoms with van der Waals surface area (Å²) >= 11 is 0. The standard InChI is InChI=1S/C16H15F4NO3.ClH/c1-22-13-7-11(12(17)8-14(13)23-2)15(21)9-3-5-10(6-4-9)24-16(18,19)20;/h3-8,15H,21H2,1-2H3;1H/t15-;/m1./s1. The van der Waals surface area contributed by atoms with Gasteiger partial charge >= 0.3 is 6.36 Å². The van der Waals surface area contributed by atoms with E-state index in [2.05, 4.69) is 4.74 Å². The smallest absolute Gasteiger partial charge is 0.493 e. The summed E-state index contributed by atoms with van der Waals surface area (Å²) in [5, 5.41) is 0. The van der Waals surface area contributed by atoms with Gasteiger partial charge in [-0.25, -0.2) is 4.39 Å². The van der Waals surface area contributed by atoms with Crippen molar-refractivity contribution >= 4 is 12.4 Å². The maximum absolute atomic E-state index is 14.2. The van der Waals surface area contributed by atoms with Crippen LogP contribution in [0.15, 0.2) is 36.4 Å². The molecule has 0 radical (unpaired) electrons. The van der Waals surface area contributed by atoms with Crippen LogP contribution in [0.25, 0.3) is 0 Å². The first-order valence-electron chi connectivity index (χ1n) is 6.78. The van der Waals surface area contributed by atoms with Crippen LogP contribution in [0.4, 0.5) is 17.6 Å². The first kappa shape index (κ1) is 20.9. The molecular formula is C16H16ClF4NO3.